The second kappa shape index (κ2) is 27.8. The van der Waals surface area contributed by atoms with Crippen LogP contribution in [0.25, 0.3) is 0 Å². The average Bonchev–Trinajstić information content (AvgIpc) is 3.53. The highest BCUT2D eigenvalue weighted by Crippen LogP contribution is 2.67. The Morgan fingerprint density at radius 1 is 0.643 bits per heavy atom. The van der Waals surface area contributed by atoms with Crippen LogP contribution in [-0.2, 0) is 4.79 Å². The van der Waals surface area contributed by atoms with Gasteiger partial charge in [0.05, 0.1) is 6.10 Å². The van der Waals surface area contributed by atoms with Crippen LogP contribution in [-0.4, -0.2) is 22.3 Å². The highest BCUT2D eigenvalue weighted by atomic mass is 16.4. The molecule has 4 rings (SSSR count). The second-order valence-corrected chi connectivity index (χ2v) is 21.1. The summed E-state index contributed by atoms with van der Waals surface area (Å²) in [6, 6.07) is 0. The number of aliphatic carboxylic acids is 1. The van der Waals surface area contributed by atoms with E-state index in [2.05, 4.69) is 47.6 Å². The van der Waals surface area contributed by atoms with Crippen molar-refractivity contribution >= 4 is 5.97 Å². The molecule has 0 aromatic rings. The van der Waals surface area contributed by atoms with Gasteiger partial charge in [-0.25, -0.2) is 0 Å². The standard InChI is InChI=1S/C27H46O.C26H52O2/c1-18(2)7-6-8-19(3)23-11-12-24-22-10-9-20-17-21(28)13-15-26(20,4)25(22)14-16-27(23,24)5;1-2-3-4-5-6-7-8-9-10-11-12-13-14-15-16-17-18-19-20-21-22-23-24-25-26(27)28/h9,18-19,21-25,28H,6-8,10-17H2,1-5H3;2-25H2,1H3,(H,27,28)/t19-,21+,22+,23-,24+,25+,26+,27-;/m1./s1. The number of aliphatic hydroxyl groups is 1. The smallest absolute Gasteiger partial charge is 0.303 e. The lowest BCUT2D eigenvalue weighted by Gasteiger charge is -2.58. The maximum absolute atomic E-state index is 10.4. The molecule has 0 radical (unpaired) electrons. The van der Waals surface area contributed by atoms with Gasteiger partial charge in [0.1, 0.15) is 0 Å². The molecule has 3 fully saturated rings. The highest BCUT2D eigenvalue weighted by molar-refractivity contribution is 5.66. The van der Waals surface area contributed by atoms with Crippen LogP contribution >= 0.6 is 0 Å². The SMILES string of the molecule is CC(C)CCC[C@@H](C)[C@H]1CC[C@H]2[C@@H]3CC=C4C[C@@H](O)CC[C@]4(C)[C@H]3CC[C@]12C.CCCCCCCCCCCCCCCCCCCCCCCCCC(=O)O. The van der Waals surface area contributed by atoms with Gasteiger partial charge in [-0.1, -0.05) is 214 Å². The van der Waals surface area contributed by atoms with Gasteiger partial charge in [-0.3, -0.25) is 4.79 Å². The van der Waals surface area contributed by atoms with Gasteiger partial charge in [-0.15, -0.1) is 0 Å². The average molecular weight is 783 g/mol. The largest absolute Gasteiger partial charge is 0.481 e. The minimum atomic E-state index is -0.650. The number of aliphatic hydroxyl groups excluding tert-OH is 1. The zero-order chi connectivity index (χ0) is 40.7. The van der Waals surface area contributed by atoms with Gasteiger partial charge in [0.15, 0.2) is 0 Å². The van der Waals surface area contributed by atoms with Crippen LogP contribution in [0, 0.1) is 46.3 Å². The maximum Gasteiger partial charge on any atom is 0.303 e. The van der Waals surface area contributed by atoms with Crippen molar-refractivity contribution in [1.29, 1.82) is 0 Å². The quantitative estimate of drug-likeness (QED) is 0.0587. The lowest BCUT2D eigenvalue weighted by Crippen LogP contribution is -2.50. The topological polar surface area (TPSA) is 57.5 Å². The Labute approximate surface area is 350 Å². The third-order valence-corrected chi connectivity index (χ3v) is 16.3. The number of hydrogen-bond donors (Lipinski definition) is 2. The van der Waals surface area contributed by atoms with Crippen molar-refractivity contribution in [3.63, 3.8) is 0 Å². The molecule has 0 spiro atoms. The lowest BCUT2D eigenvalue weighted by molar-refractivity contribution is -0.137. The van der Waals surface area contributed by atoms with Gasteiger partial charge >= 0.3 is 5.97 Å². The molecule has 8 atom stereocenters. The van der Waals surface area contributed by atoms with Crippen molar-refractivity contribution in [2.45, 2.75) is 272 Å². The summed E-state index contributed by atoms with van der Waals surface area (Å²) in [5.74, 6) is 4.81. The molecular weight excluding hydrogens is 685 g/mol. The third-order valence-electron chi connectivity index (χ3n) is 16.3. The van der Waals surface area contributed by atoms with Gasteiger partial charge in [0.2, 0.25) is 0 Å². The fourth-order valence-electron chi connectivity index (χ4n) is 12.7. The molecule has 4 aliphatic carbocycles. The number of carboxylic acid groups (broad SMARTS) is 1. The molecule has 3 heteroatoms. The van der Waals surface area contributed by atoms with E-state index in [4.69, 9.17) is 5.11 Å². The van der Waals surface area contributed by atoms with Gasteiger partial charge in [-0.05, 0) is 104 Å². The van der Waals surface area contributed by atoms with E-state index in [1.165, 1.54) is 193 Å². The number of carboxylic acids is 1. The molecule has 0 unspecified atom stereocenters. The summed E-state index contributed by atoms with van der Waals surface area (Å²) in [5.41, 5.74) is 2.60. The summed E-state index contributed by atoms with van der Waals surface area (Å²) in [6.45, 7) is 14.9. The van der Waals surface area contributed by atoms with E-state index in [0.717, 1.165) is 61.2 Å². The van der Waals surface area contributed by atoms with E-state index >= 15 is 0 Å². The highest BCUT2D eigenvalue weighted by Gasteiger charge is 2.59. The van der Waals surface area contributed by atoms with E-state index in [9.17, 15) is 9.90 Å². The predicted octanol–water partition coefficient (Wildman–Crippen LogP) is 16.8. The normalized spacial score (nSPS) is 28.9. The number of unbranched alkanes of at least 4 members (excludes halogenated alkanes) is 22. The Hall–Kier alpha value is -0.830. The van der Waals surface area contributed by atoms with Gasteiger partial charge in [0.25, 0.3) is 0 Å². The molecule has 0 saturated heterocycles. The predicted molar refractivity (Wildman–Crippen MR) is 243 cm³/mol. The Bertz CT molecular complexity index is 1050. The number of fused-ring (bicyclic) bond motifs is 5. The minimum absolute atomic E-state index is 0.0766. The van der Waals surface area contributed by atoms with Crippen molar-refractivity contribution in [3.8, 4) is 0 Å². The summed E-state index contributed by atoms with van der Waals surface area (Å²) in [6.07, 6.45) is 49.2. The summed E-state index contributed by atoms with van der Waals surface area (Å²) >= 11 is 0. The fourth-order valence-corrected chi connectivity index (χ4v) is 12.7. The molecule has 3 saturated carbocycles. The first-order chi connectivity index (χ1) is 27.0. The third kappa shape index (κ3) is 17.0. The van der Waals surface area contributed by atoms with E-state index in [1.54, 1.807) is 5.57 Å². The monoisotopic (exact) mass is 783 g/mol. The van der Waals surface area contributed by atoms with E-state index in [0.29, 0.717) is 17.3 Å². The van der Waals surface area contributed by atoms with E-state index < -0.39 is 5.97 Å². The number of rotatable bonds is 29. The van der Waals surface area contributed by atoms with Crippen LogP contribution in [0.3, 0.4) is 0 Å². The summed E-state index contributed by atoms with van der Waals surface area (Å²) in [5, 5.41) is 18.8. The first-order valence-corrected chi connectivity index (χ1v) is 25.6. The molecule has 4 aliphatic rings. The van der Waals surface area contributed by atoms with Crippen LogP contribution < -0.4 is 0 Å². The molecule has 2 N–H and O–H groups in total. The van der Waals surface area contributed by atoms with Crippen molar-refractivity contribution < 1.29 is 15.0 Å². The summed E-state index contributed by atoms with van der Waals surface area (Å²) in [4.78, 5) is 10.4. The van der Waals surface area contributed by atoms with Gasteiger partial charge < -0.3 is 10.2 Å². The number of carbonyl (C=O) groups is 1. The maximum atomic E-state index is 10.4. The van der Waals surface area contributed by atoms with Crippen molar-refractivity contribution in [1.82, 2.24) is 0 Å². The number of hydrogen-bond acceptors (Lipinski definition) is 2. The van der Waals surface area contributed by atoms with Gasteiger partial charge in [-0.2, -0.15) is 0 Å². The first kappa shape index (κ1) is 49.5. The second-order valence-electron chi connectivity index (χ2n) is 21.1. The Kier molecular flexibility index (Phi) is 24.6. The molecule has 0 amide bonds. The van der Waals surface area contributed by atoms with Crippen molar-refractivity contribution in [2.75, 3.05) is 0 Å². The zero-order valence-electron chi connectivity index (χ0n) is 38.7. The van der Waals surface area contributed by atoms with Crippen LogP contribution in [0.5, 0.6) is 0 Å². The molecular formula is C53H98O3. The molecule has 56 heavy (non-hydrogen) atoms. The molecule has 0 aliphatic heterocycles. The zero-order valence-corrected chi connectivity index (χ0v) is 38.7. The first-order valence-electron chi connectivity index (χ1n) is 25.6. The van der Waals surface area contributed by atoms with E-state index in [-0.39, 0.29) is 6.10 Å². The molecule has 0 heterocycles. The van der Waals surface area contributed by atoms with Crippen LogP contribution in [0.15, 0.2) is 11.6 Å². The van der Waals surface area contributed by atoms with Crippen molar-refractivity contribution in [3.05, 3.63) is 11.6 Å². The van der Waals surface area contributed by atoms with Crippen LogP contribution in [0.1, 0.15) is 266 Å². The molecule has 0 aromatic carbocycles. The minimum Gasteiger partial charge on any atom is -0.481 e. The Morgan fingerprint density at radius 3 is 1.62 bits per heavy atom. The van der Waals surface area contributed by atoms with E-state index in [1.807, 2.05) is 0 Å². The van der Waals surface area contributed by atoms with Gasteiger partial charge in [0, 0.05) is 6.42 Å². The molecule has 0 bridgehead atoms. The van der Waals surface area contributed by atoms with Crippen molar-refractivity contribution in [2.24, 2.45) is 46.3 Å². The molecule has 0 aromatic heterocycles. The van der Waals surface area contributed by atoms with Crippen LogP contribution in [0.4, 0.5) is 0 Å². The Balaban J connectivity index is 0.000000300. The molecule has 328 valence electrons. The summed E-state index contributed by atoms with van der Waals surface area (Å²) < 4.78 is 0. The lowest BCUT2D eigenvalue weighted by atomic mass is 9.47. The number of allylic oxidation sites excluding steroid dienone is 1. The molecule has 3 nitrogen and oxygen atoms in total. The van der Waals surface area contributed by atoms with Crippen LogP contribution in [0.2, 0.25) is 0 Å². The summed E-state index contributed by atoms with van der Waals surface area (Å²) in [7, 11) is 0. The Morgan fingerprint density at radius 2 is 1.14 bits per heavy atom. The fraction of sp³-hybridized carbons (Fsp3) is 0.943.